The van der Waals surface area contributed by atoms with Gasteiger partial charge in [-0.05, 0) is 103 Å². The number of rotatable bonds is 2. The molecule has 0 amide bonds. The van der Waals surface area contributed by atoms with Crippen LogP contribution in [0.4, 0.5) is 0 Å². The Kier molecular flexibility index (Phi) is 2.20. The van der Waals surface area contributed by atoms with Crippen LogP contribution in [-0.4, -0.2) is 0 Å². The van der Waals surface area contributed by atoms with Gasteiger partial charge in [0.1, 0.15) is 0 Å². The summed E-state index contributed by atoms with van der Waals surface area (Å²) in [4.78, 5) is 0. The molecule has 0 nitrogen and oxygen atoms in total. The smallest absolute Gasteiger partial charge is 0.0194 e. The van der Waals surface area contributed by atoms with E-state index < -0.39 is 0 Å². The Morgan fingerprint density at radius 2 is 1.48 bits per heavy atom. The molecule has 11 atom stereocenters. The van der Waals surface area contributed by atoms with Crippen molar-refractivity contribution in [1.29, 1.82) is 0 Å². The zero-order valence-electron chi connectivity index (χ0n) is 13.6. The van der Waals surface area contributed by atoms with Crippen molar-refractivity contribution in [1.82, 2.24) is 0 Å². The van der Waals surface area contributed by atoms with Crippen molar-refractivity contribution in [2.75, 3.05) is 0 Å². The summed E-state index contributed by atoms with van der Waals surface area (Å²) in [6.45, 7) is 4.89. The normalized spacial score (nSPS) is 64.8. The van der Waals surface area contributed by atoms with Crippen LogP contribution < -0.4 is 0 Å². The molecule has 0 N–H and O–H groups in total. The zero-order chi connectivity index (χ0) is 13.9. The predicted molar refractivity (Wildman–Crippen MR) is 85.5 cm³/mol. The average molecular weight is 282 g/mol. The molecule has 11 unspecified atom stereocenters. The molecule has 0 saturated heterocycles. The third-order valence-electron chi connectivity index (χ3n) is 9.15. The molecule has 0 aromatic heterocycles. The Balaban J connectivity index is 1.34. The van der Waals surface area contributed by atoms with E-state index in [0.717, 1.165) is 53.3 Å². The fraction of sp³-hybridized carbons (Fsp3) is 0.905. The molecular formula is C21H30. The summed E-state index contributed by atoms with van der Waals surface area (Å²) in [5, 5.41) is 0. The van der Waals surface area contributed by atoms with Crippen LogP contribution in [-0.2, 0) is 0 Å². The third kappa shape index (κ3) is 1.31. The molecule has 0 aromatic rings. The van der Waals surface area contributed by atoms with E-state index in [1.165, 1.54) is 24.2 Å². The van der Waals surface area contributed by atoms with Gasteiger partial charge in [-0.15, -0.1) is 0 Å². The van der Waals surface area contributed by atoms with Crippen molar-refractivity contribution in [2.45, 2.75) is 46.0 Å². The molecule has 0 aliphatic heterocycles. The maximum absolute atomic E-state index is 2.63. The highest BCUT2D eigenvalue weighted by atomic mass is 14.7. The second-order valence-electron chi connectivity index (χ2n) is 10.1. The summed E-state index contributed by atoms with van der Waals surface area (Å²) < 4.78 is 0. The maximum atomic E-state index is 2.63. The topological polar surface area (TPSA) is 0 Å². The summed E-state index contributed by atoms with van der Waals surface area (Å²) in [5.74, 6) is 13.4. The van der Waals surface area contributed by atoms with Crippen molar-refractivity contribution in [3.63, 3.8) is 0 Å². The first-order chi connectivity index (χ1) is 10.2. The number of hydrogen-bond donors (Lipinski definition) is 0. The first-order valence-corrected chi connectivity index (χ1v) is 9.90. The lowest BCUT2D eigenvalue weighted by Crippen LogP contribution is -2.41. The van der Waals surface area contributed by atoms with Crippen LogP contribution in [0.5, 0.6) is 0 Å². The highest BCUT2D eigenvalue weighted by Gasteiger charge is 2.70. The maximum Gasteiger partial charge on any atom is -0.0194 e. The third-order valence-corrected chi connectivity index (χ3v) is 9.15. The van der Waals surface area contributed by atoms with Crippen molar-refractivity contribution in [3.8, 4) is 0 Å². The van der Waals surface area contributed by atoms with Crippen LogP contribution in [0.15, 0.2) is 12.2 Å². The van der Waals surface area contributed by atoms with Gasteiger partial charge in [-0.1, -0.05) is 26.0 Å². The van der Waals surface area contributed by atoms with Crippen LogP contribution in [0.1, 0.15) is 46.0 Å². The second kappa shape index (κ2) is 3.80. The van der Waals surface area contributed by atoms with Gasteiger partial charge in [0.2, 0.25) is 0 Å². The summed E-state index contributed by atoms with van der Waals surface area (Å²) in [6.07, 6.45) is 13.2. The largest absolute Gasteiger partial charge is 0.0848 e. The second-order valence-corrected chi connectivity index (χ2v) is 10.1. The summed E-state index contributed by atoms with van der Waals surface area (Å²) in [6, 6.07) is 0. The number of hydrogen-bond acceptors (Lipinski definition) is 0. The Hall–Kier alpha value is -0.260. The molecular weight excluding hydrogens is 252 g/mol. The molecule has 6 bridgehead atoms. The lowest BCUT2D eigenvalue weighted by molar-refractivity contribution is 0.0251. The van der Waals surface area contributed by atoms with Crippen molar-refractivity contribution < 1.29 is 0 Å². The van der Waals surface area contributed by atoms with Crippen molar-refractivity contribution >= 4 is 0 Å². The molecule has 0 heteroatoms. The fourth-order valence-corrected chi connectivity index (χ4v) is 9.26. The summed E-state index contributed by atoms with van der Waals surface area (Å²) >= 11 is 0. The minimum Gasteiger partial charge on any atom is -0.0848 e. The minimum absolute atomic E-state index is 0.921. The molecule has 0 radical (unpaired) electrons. The van der Waals surface area contributed by atoms with Gasteiger partial charge < -0.3 is 0 Å². The van der Waals surface area contributed by atoms with Gasteiger partial charge in [-0.3, -0.25) is 0 Å². The van der Waals surface area contributed by atoms with Gasteiger partial charge >= 0.3 is 0 Å². The highest BCUT2D eigenvalue weighted by Crippen LogP contribution is 2.76. The highest BCUT2D eigenvalue weighted by molar-refractivity contribution is 5.24. The lowest BCUT2D eigenvalue weighted by atomic mass is 9.59. The van der Waals surface area contributed by atoms with Crippen LogP contribution in [0.25, 0.3) is 0 Å². The van der Waals surface area contributed by atoms with E-state index in [4.69, 9.17) is 0 Å². The van der Waals surface area contributed by atoms with E-state index in [9.17, 15) is 0 Å². The molecule has 5 fully saturated rings. The lowest BCUT2D eigenvalue weighted by Gasteiger charge is -2.46. The molecule has 6 aliphatic rings. The monoisotopic (exact) mass is 282 g/mol. The van der Waals surface area contributed by atoms with Gasteiger partial charge in [0.15, 0.2) is 0 Å². The average Bonchev–Trinajstić information content (AvgIpc) is 3.22. The van der Waals surface area contributed by atoms with Gasteiger partial charge in [-0.2, -0.15) is 0 Å². The van der Waals surface area contributed by atoms with Crippen LogP contribution in [0, 0.1) is 71.0 Å². The van der Waals surface area contributed by atoms with Gasteiger partial charge in [0, 0.05) is 0 Å². The summed E-state index contributed by atoms with van der Waals surface area (Å²) in [7, 11) is 0. The SMILES string of the molecule is CC(C)CC1CC2CC1C1C3CC(C4C5C=CC(C5)C34)C21. The quantitative estimate of drug-likeness (QED) is 0.493. The van der Waals surface area contributed by atoms with Crippen molar-refractivity contribution in [3.05, 3.63) is 12.2 Å². The molecule has 21 heavy (non-hydrogen) atoms. The first-order valence-electron chi connectivity index (χ1n) is 9.90. The Morgan fingerprint density at radius 3 is 2.19 bits per heavy atom. The van der Waals surface area contributed by atoms with E-state index in [-0.39, 0.29) is 0 Å². The van der Waals surface area contributed by atoms with Gasteiger partial charge in [-0.25, -0.2) is 0 Å². The Labute approximate surface area is 129 Å². The molecule has 5 saturated carbocycles. The molecule has 114 valence electrons. The molecule has 6 rings (SSSR count). The van der Waals surface area contributed by atoms with Crippen LogP contribution in [0.2, 0.25) is 0 Å². The summed E-state index contributed by atoms with van der Waals surface area (Å²) in [5.41, 5.74) is 0. The molecule has 0 aromatic carbocycles. The van der Waals surface area contributed by atoms with Crippen LogP contribution in [0.3, 0.4) is 0 Å². The van der Waals surface area contributed by atoms with E-state index in [0.29, 0.717) is 0 Å². The van der Waals surface area contributed by atoms with Crippen LogP contribution >= 0.6 is 0 Å². The number of fused-ring (bicyclic) bond motifs is 16. The Morgan fingerprint density at radius 1 is 0.762 bits per heavy atom. The fourth-order valence-electron chi connectivity index (χ4n) is 9.26. The van der Waals surface area contributed by atoms with E-state index in [1.807, 2.05) is 0 Å². The zero-order valence-corrected chi connectivity index (χ0v) is 13.6. The van der Waals surface area contributed by atoms with Crippen molar-refractivity contribution in [2.24, 2.45) is 71.0 Å². The molecule has 6 aliphatic carbocycles. The minimum atomic E-state index is 0.921. The standard InChI is InChI=1S/C21H30/c1-10(2)5-13-7-14-8-15(13)21-17-9-16(20(14)21)18-11-3-4-12(6-11)19(17)18/h3-4,10-21H,5-9H2,1-2H3. The van der Waals surface area contributed by atoms with E-state index >= 15 is 0 Å². The first kappa shape index (κ1) is 12.2. The Bertz CT molecular complexity index is 502. The predicted octanol–water partition coefficient (Wildman–Crippen LogP) is 5.01. The van der Waals surface area contributed by atoms with E-state index in [2.05, 4.69) is 26.0 Å². The van der Waals surface area contributed by atoms with Gasteiger partial charge in [0.05, 0.1) is 0 Å². The van der Waals surface area contributed by atoms with E-state index in [1.54, 1.807) is 25.7 Å². The number of allylic oxidation sites excluding steroid dienone is 2. The molecule has 0 spiro atoms. The van der Waals surface area contributed by atoms with Gasteiger partial charge in [0.25, 0.3) is 0 Å². The molecule has 0 heterocycles.